The summed E-state index contributed by atoms with van der Waals surface area (Å²) in [5.74, 6) is -1.45. The third kappa shape index (κ3) is 4.93. The van der Waals surface area contributed by atoms with Gasteiger partial charge < -0.3 is 9.47 Å². The third-order valence-corrected chi connectivity index (χ3v) is 6.34. The van der Waals surface area contributed by atoms with Crippen LogP contribution in [-0.4, -0.2) is 31.9 Å². The van der Waals surface area contributed by atoms with Crippen LogP contribution < -0.4 is 0 Å². The van der Waals surface area contributed by atoms with Gasteiger partial charge in [0.05, 0.1) is 17.7 Å². The maximum absolute atomic E-state index is 14.8. The van der Waals surface area contributed by atoms with Crippen LogP contribution in [0.1, 0.15) is 73.7 Å². The molecule has 0 saturated heterocycles. The zero-order valence-electron chi connectivity index (χ0n) is 19.3. The van der Waals surface area contributed by atoms with E-state index in [9.17, 15) is 22.4 Å². The van der Waals surface area contributed by atoms with E-state index in [1.54, 1.807) is 12.3 Å². The largest absolute Gasteiger partial charge is 0.419 e. The number of nitrogens with zero attached hydrogens (tertiary/aromatic N) is 4. The van der Waals surface area contributed by atoms with Crippen LogP contribution >= 0.6 is 0 Å². The van der Waals surface area contributed by atoms with Gasteiger partial charge in [0.25, 0.3) is 5.91 Å². The van der Waals surface area contributed by atoms with Crippen molar-refractivity contribution < 1.29 is 22.4 Å². The molecule has 3 aromatic rings. The standard InChI is InChI=1S/C25H28F4N4O/c1-16(2)12-14-32(24(34)18-9-5-10-19(22(18)26)25(27,28)29)15-21-31-20-11-6-13-30-23(20)33(21)17-7-3-4-8-17/h5-6,9-11,13,16-17H,3-4,7-8,12,14-15H2,1-2H3. The SMILES string of the molecule is CC(C)CCN(Cc1nc2cccnc2n1C1CCCC1)C(=O)c1cccc(C(F)(F)F)c1F. The Morgan fingerprint density at radius 3 is 2.59 bits per heavy atom. The number of benzene rings is 1. The average Bonchev–Trinajstić information content (AvgIpc) is 3.42. The van der Waals surface area contributed by atoms with Gasteiger partial charge in [-0.1, -0.05) is 32.8 Å². The Balaban J connectivity index is 1.73. The summed E-state index contributed by atoms with van der Waals surface area (Å²) >= 11 is 0. The van der Waals surface area contributed by atoms with Gasteiger partial charge in [-0.2, -0.15) is 13.2 Å². The first-order chi connectivity index (χ1) is 16.2. The fraction of sp³-hybridized carbons (Fsp3) is 0.480. The highest BCUT2D eigenvalue weighted by Crippen LogP contribution is 2.35. The minimum atomic E-state index is -4.88. The van der Waals surface area contributed by atoms with Crippen LogP contribution in [0.25, 0.3) is 11.2 Å². The van der Waals surface area contributed by atoms with Crippen molar-refractivity contribution in [2.75, 3.05) is 6.54 Å². The van der Waals surface area contributed by atoms with Gasteiger partial charge in [-0.15, -0.1) is 0 Å². The smallest absolute Gasteiger partial charge is 0.331 e. The molecule has 0 atom stereocenters. The van der Waals surface area contributed by atoms with E-state index >= 15 is 0 Å². The molecule has 182 valence electrons. The molecule has 2 heterocycles. The maximum Gasteiger partial charge on any atom is 0.419 e. The topological polar surface area (TPSA) is 51.0 Å². The Bertz CT molecular complexity index is 1170. The molecule has 1 aliphatic carbocycles. The van der Waals surface area contributed by atoms with E-state index in [4.69, 9.17) is 4.98 Å². The number of halogens is 4. The molecule has 5 nitrogen and oxygen atoms in total. The number of alkyl halides is 3. The molecule has 0 unspecified atom stereocenters. The van der Waals surface area contributed by atoms with Gasteiger partial charge in [-0.3, -0.25) is 4.79 Å². The van der Waals surface area contributed by atoms with Crippen molar-refractivity contribution in [3.8, 4) is 0 Å². The molecular formula is C25H28F4N4O. The lowest BCUT2D eigenvalue weighted by Gasteiger charge is -2.25. The Morgan fingerprint density at radius 2 is 1.91 bits per heavy atom. The van der Waals surface area contributed by atoms with Gasteiger partial charge in [0.2, 0.25) is 0 Å². The third-order valence-electron chi connectivity index (χ3n) is 6.34. The molecule has 0 aliphatic heterocycles. The number of carbonyl (C=O) groups excluding carboxylic acids is 1. The highest BCUT2D eigenvalue weighted by atomic mass is 19.4. The summed E-state index contributed by atoms with van der Waals surface area (Å²) in [5.41, 5.74) is -0.596. The van der Waals surface area contributed by atoms with Gasteiger partial charge in [-0.25, -0.2) is 14.4 Å². The summed E-state index contributed by atoms with van der Waals surface area (Å²) in [6, 6.07) is 6.66. The zero-order valence-corrected chi connectivity index (χ0v) is 19.3. The van der Waals surface area contributed by atoms with Crippen LogP contribution in [0, 0.1) is 11.7 Å². The van der Waals surface area contributed by atoms with Gasteiger partial charge in [0.15, 0.2) is 5.65 Å². The molecule has 1 saturated carbocycles. The second kappa shape index (κ2) is 9.72. The number of hydrogen-bond acceptors (Lipinski definition) is 3. The van der Waals surface area contributed by atoms with Crippen molar-refractivity contribution in [2.24, 2.45) is 5.92 Å². The van der Waals surface area contributed by atoms with Crippen LogP contribution in [0.15, 0.2) is 36.5 Å². The number of hydrogen-bond donors (Lipinski definition) is 0. The molecule has 1 aromatic carbocycles. The van der Waals surface area contributed by atoms with E-state index in [0.29, 0.717) is 23.8 Å². The summed E-state index contributed by atoms with van der Waals surface area (Å²) in [7, 11) is 0. The molecule has 4 rings (SSSR count). The molecule has 34 heavy (non-hydrogen) atoms. The predicted molar refractivity (Wildman–Crippen MR) is 121 cm³/mol. The van der Waals surface area contributed by atoms with E-state index in [1.165, 1.54) is 4.90 Å². The highest BCUT2D eigenvalue weighted by molar-refractivity contribution is 5.94. The summed E-state index contributed by atoms with van der Waals surface area (Å²) in [5, 5.41) is 0. The Hall–Kier alpha value is -2.97. The monoisotopic (exact) mass is 476 g/mol. The van der Waals surface area contributed by atoms with Crippen molar-refractivity contribution in [1.82, 2.24) is 19.4 Å². The van der Waals surface area contributed by atoms with Crippen molar-refractivity contribution in [3.63, 3.8) is 0 Å². The van der Waals surface area contributed by atoms with E-state index in [0.717, 1.165) is 43.5 Å². The van der Waals surface area contributed by atoms with Crippen LogP contribution in [0.5, 0.6) is 0 Å². The first-order valence-corrected chi connectivity index (χ1v) is 11.6. The summed E-state index contributed by atoms with van der Waals surface area (Å²) in [6.07, 6.45) is 1.54. The van der Waals surface area contributed by atoms with Crippen molar-refractivity contribution in [3.05, 3.63) is 59.3 Å². The number of amides is 1. The van der Waals surface area contributed by atoms with Crippen molar-refractivity contribution >= 4 is 17.1 Å². The Morgan fingerprint density at radius 1 is 1.18 bits per heavy atom. The summed E-state index contributed by atoms with van der Waals surface area (Å²) in [6.45, 7) is 4.32. The number of carbonyl (C=O) groups is 1. The molecular weight excluding hydrogens is 448 g/mol. The van der Waals surface area contributed by atoms with Crippen LogP contribution in [-0.2, 0) is 12.7 Å². The fourth-order valence-electron chi connectivity index (χ4n) is 4.56. The van der Waals surface area contributed by atoms with E-state index < -0.39 is 29.0 Å². The molecule has 1 fully saturated rings. The first kappa shape index (κ1) is 24.2. The zero-order chi connectivity index (χ0) is 24.5. The van der Waals surface area contributed by atoms with Crippen LogP contribution in [0.3, 0.4) is 0 Å². The fourth-order valence-corrected chi connectivity index (χ4v) is 4.56. The molecule has 2 aromatic heterocycles. The number of rotatable bonds is 7. The summed E-state index contributed by atoms with van der Waals surface area (Å²) < 4.78 is 56.6. The second-order valence-corrected chi connectivity index (χ2v) is 9.26. The molecule has 0 bridgehead atoms. The quantitative estimate of drug-likeness (QED) is 0.371. The van der Waals surface area contributed by atoms with Gasteiger partial charge >= 0.3 is 6.18 Å². The molecule has 0 radical (unpaired) electrons. The minimum Gasteiger partial charge on any atom is -0.331 e. The number of imidazole rings is 1. The molecule has 1 aliphatic rings. The van der Waals surface area contributed by atoms with Crippen molar-refractivity contribution in [1.29, 1.82) is 0 Å². The molecule has 9 heteroatoms. The normalized spacial score (nSPS) is 14.9. The minimum absolute atomic E-state index is 0.0636. The number of aromatic nitrogens is 3. The molecule has 0 spiro atoms. The predicted octanol–water partition coefficient (Wildman–Crippen LogP) is 6.39. The maximum atomic E-state index is 14.8. The van der Waals surface area contributed by atoms with Crippen LogP contribution in [0.4, 0.5) is 17.6 Å². The van der Waals surface area contributed by atoms with E-state index in [-0.39, 0.29) is 25.0 Å². The van der Waals surface area contributed by atoms with Crippen LogP contribution in [0.2, 0.25) is 0 Å². The Kier molecular flexibility index (Phi) is 6.91. The number of fused-ring (bicyclic) bond motifs is 1. The summed E-state index contributed by atoms with van der Waals surface area (Å²) in [4.78, 5) is 24.0. The highest BCUT2D eigenvalue weighted by Gasteiger charge is 2.36. The number of pyridine rings is 1. The average molecular weight is 477 g/mol. The lowest BCUT2D eigenvalue weighted by atomic mass is 10.1. The van der Waals surface area contributed by atoms with Gasteiger partial charge in [0, 0.05) is 18.8 Å². The van der Waals surface area contributed by atoms with Crippen molar-refractivity contribution in [2.45, 2.75) is 64.7 Å². The molecule has 0 N–H and O–H groups in total. The lowest BCUT2D eigenvalue weighted by Crippen LogP contribution is -2.34. The molecule has 1 amide bonds. The first-order valence-electron chi connectivity index (χ1n) is 11.6. The van der Waals surface area contributed by atoms with E-state index in [1.807, 2.05) is 19.9 Å². The second-order valence-electron chi connectivity index (χ2n) is 9.26. The van der Waals surface area contributed by atoms with Gasteiger partial charge in [-0.05, 0) is 49.4 Å². The van der Waals surface area contributed by atoms with E-state index in [2.05, 4.69) is 9.55 Å². The van der Waals surface area contributed by atoms with Gasteiger partial charge in [0.1, 0.15) is 17.2 Å². The Labute approximate surface area is 195 Å². The lowest BCUT2D eigenvalue weighted by molar-refractivity contribution is -0.140.